The van der Waals surface area contributed by atoms with Crippen molar-refractivity contribution < 1.29 is 4.79 Å². The van der Waals surface area contributed by atoms with E-state index in [4.69, 9.17) is 0 Å². The molecule has 0 aliphatic rings. The molecule has 0 amide bonds. The summed E-state index contributed by atoms with van der Waals surface area (Å²) in [5.74, 6) is 0.237. The van der Waals surface area contributed by atoms with E-state index in [1.54, 1.807) is 13.1 Å². The summed E-state index contributed by atoms with van der Waals surface area (Å²) in [6, 6.07) is 8.13. The molecule has 76 valence electrons. The summed E-state index contributed by atoms with van der Waals surface area (Å²) in [6.45, 7) is 1.63. The second-order valence-electron chi connectivity index (χ2n) is 3.72. The summed E-state index contributed by atoms with van der Waals surface area (Å²) in [7, 11) is 0. The molecule has 2 rings (SSSR count). The molecule has 1 aromatic carbocycles. The Morgan fingerprint density at radius 3 is 3.00 bits per heavy atom. The van der Waals surface area contributed by atoms with Crippen molar-refractivity contribution in [3.8, 4) is 0 Å². The Hall–Kier alpha value is -1.70. The zero-order valence-corrected chi connectivity index (χ0v) is 8.73. The lowest BCUT2D eigenvalue weighted by atomic mass is 10.0. The van der Waals surface area contributed by atoms with Gasteiger partial charge in [0.2, 0.25) is 0 Å². The first-order valence-corrected chi connectivity index (χ1v) is 5.08. The molecule has 0 bridgehead atoms. The third-order valence-corrected chi connectivity index (χ3v) is 2.52. The minimum atomic E-state index is 0.237. The van der Waals surface area contributed by atoms with Crippen LogP contribution in [0.1, 0.15) is 18.9 Å². The van der Waals surface area contributed by atoms with Gasteiger partial charge < -0.3 is 4.79 Å². The lowest BCUT2D eigenvalue weighted by molar-refractivity contribution is -0.116. The van der Waals surface area contributed by atoms with Gasteiger partial charge in [0, 0.05) is 24.2 Å². The van der Waals surface area contributed by atoms with Gasteiger partial charge in [0.25, 0.3) is 0 Å². The number of aryl methyl sites for hydroxylation is 1. The fourth-order valence-electron chi connectivity index (χ4n) is 1.72. The number of benzene rings is 1. The minimum Gasteiger partial charge on any atom is -0.300 e. The summed E-state index contributed by atoms with van der Waals surface area (Å²) in [5, 5.41) is 2.34. The van der Waals surface area contributed by atoms with E-state index in [-0.39, 0.29) is 5.78 Å². The van der Waals surface area contributed by atoms with Crippen molar-refractivity contribution >= 4 is 16.6 Å². The van der Waals surface area contributed by atoms with Crippen LogP contribution in [0.15, 0.2) is 36.7 Å². The zero-order valence-electron chi connectivity index (χ0n) is 8.73. The number of hydrogen-bond donors (Lipinski definition) is 0. The number of ketones is 1. The highest BCUT2D eigenvalue weighted by atomic mass is 16.1. The standard InChI is InChI=1S/C13H13NO/c1-10(15)5-6-11-3-2-4-12-9-14-8-7-13(11)12/h2-4,7-9H,5-6H2,1H3. The Balaban J connectivity index is 2.38. The van der Waals surface area contributed by atoms with Crippen molar-refractivity contribution in [2.75, 3.05) is 0 Å². The van der Waals surface area contributed by atoms with Crippen molar-refractivity contribution in [3.05, 3.63) is 42.2 Å². The molecule has 0 fully saturated rings. The number of hydrogen-bond acceptors (Lipinski definition) is 2. The molecular weight excluding hydrogens is 186 g/mol. The lowest BCUT2D eigenvalue weighted by Gasteiger charge is -2.04. The summed E-state index contributed by atoms with van der Waals surface area (Å²) in [5.41, 5.74) is 1.23. The Kier molecular flexibility index (Phi) is 2.77. The van der Waals surface area contributed by atoms with E-state index < -0.39 is 0 Å². The predicted octanol–water partition coefficient (Wildman–Crippen LogP) is 2.76. The second kappa shape index (κ2) is 4.22. The van der Waals surface area contributed by atoms with Crippen molar-refractivity contribution in [1.29, 1.82) is 0 Å². The highest BCUT2D eigenvalue weighted by Gasteiger charge is 2.01. The smallest absolute Gasteiger partial charge is 0.130 e. The monoisotopic (exact) mass is 199 g/mol. The molecule has 0 radical (unpaired) electrons. The van der Waals surface area contributed by atoms with Crippen LogP contribution in [0.4, 0.5) is 0 Å². The van der Waals surface area contributed by atoms with Gasteiger partial charge in [0.15, 0.2) is 0 Å². The molecule has 0 atom stereocenters. The number of Topliss-reactive ketones (excluding diaryl/α,β-unsaturated/α-hetero) is 1. The highest BCUT2D eigenvalue weighted by Crippen LogP contribution is 2.18. The van der Waals surface area contributed by atoms with Crippen molar-refractivity contribution in [2.24, 2.45) is 0 Å². The fraction of sp³-hybridized carbons (Fsp3) is 0.231. The van der Waals surface area contributed by atoms with Crippen LogP contribution in [-0.4, -0.2) is 10.8 Å². The van der Waals surface area contributed by atoms with Gasteiger partial charge in [0.1, 0.15) is 5.78 Å². The molecule has 0 aliphatic carbocycles. The maximum absolute atomic E-state index is 10.9. The SMILES string of the molecule is CC(=O)CCc1cccc2cnccc12. The molecule has 0 saturated carbocycles. The first-order chi connectivity index (χ1) is 7.27. The van der Waals surface area contributed by atoms with Crippen LogP contribution < -0.4 is 0 Å². The Morgan fingerprint density at radius 2 is 2.20 bits per heavy atom. The Labute approximate surface area is 89.0 Å². The molecule has 0 spiro atoms. The van der Waals surface area contributed by atoms with Crippen LogP contribution >= 0.6 is 0 Å². The van der Waals surface area contributed by atoms with Gasteiger partial charge in [-0.3, -0.25) is 4.98 Å². The van der Waals surface area contributed by atoms with Gasteiger partial charge in [-0.25, -0.2) is 0 Å². The number of nitrogens with zero attached hydrogens (tertiary/aromatic N) is 1. The largest absolute Gasteiger partial charge is 0.300 e. The van der Waals surface area contributed by atoms with E-state index in [0.717, 1.165) is 11.8 Å². The number of pyridine rings is 1. The molecule has 0 saturated heterocycles. The molecule has 0 N–H and O–H groups in total. The molecule has 2 nitrogen and oxygen atoms in total. The van der Waals surface area contributed by atoms with Gasteiger partial charge in [-0.1, -0.05) is 18.2 Å². The Bertz CT molecular complexity index is 485. The number of aromatic nitrogens is 1. The lowest BCUT2D eigenvalue weighted by Crippen LogP contribution is -1.94. The summed E-state index contributed by atoms with van der Waals surface area (Å²) < 4.78 is 0. The quantitative estimate of drug-likeness (QED) is 0.760. The second-order valence-corrected chi connectivity index (χ2v) is 3.72. The van der Waals surface area contributed by atoms with E-state index in [2.05, 4.69) is 11.1 Å². The summed E-state index contributed by atoms with van der Waals surface area (Å²) >= 11 is 0. The van der Waals surface area contributed by atoms with E-state index in [0.29, 0.717) is 6.42 Å². The van der Waals surface area contributed by atoms with Gasteiger partial charge in [-0.15, -0.1) is 0 Å². The Morgan fingerprint density at radius 1 is 1.33 bits per heavy atom. The zero-order chi connectivity index (χ0) is 10.7. The predicted molar refractivity (Wildman–Crippen MR) is 60.7 cm³/mol. The van der Waals surface area contributed by atoms with Crippen LogP contribution in [0.2, 0.25) is 0 Å². The molecule has 1 aromatic heterocycles. The average molecular weight is 199 g/mol. The molecular formula is C13H13NO. The van der Waals surface area contributed by atoms with Crippen molar-refractivity contribution in [2.45, 2.75) is 19.8 Å². The van der Waals surface area contributed by atoms with Gasteiger partial charge in [-0.2, -0.15) is 0 Å². The normalized spacial score (nSPS) is 10.5. The summed E-state index contributed by atoms with van der Waals surface area (Å²) in [4.78, 5) is 15.0. The van der Waals surface area contributed by atoms with E-state index in [1.807, 2.05) is 24.4 Å². The number of carbonyl (C=O) groups is 1. The van der Waals surface area contributed by atoms with Crippen molar-refractivity contribution in [3.63, 3.8) is 0 Å². The van der Waals surface area contributed by atoms with Crippen LogP contribution in [-0.2, 0) is 11.2 Å². The van der Waals surface area contributed by atoms with E-state index >= 15 is 0 Å². The van der Waals surface area contributed by atoms with Gasteiger partial charge >= 0.3 is 0 Å². The van der Waals surface area contributed by atoms with Crippen LogP contribution in [0.5, 0.6) is 0 Å². The fourth-order valence-corrected chi connectivity index (χ4v) is 1.72. The van der Waals surface area contributed by atoms with Gasteiger partial charge in [-0.05, 0) is 30.4 Å². The summed E-state index contributed by atoms with van der Waals surface area (Å²) in [6.07, 6.45) is 5.07. The maximum atomic E-state index is 10.9. The van der Waals surface area contributed by atoms with Crippen LogP contribution in [0.25, 0.3) is 10.8 Å². The molecule has 1 heterocycles. The minimum absolute atomic E-state index is 0.237. The number of rotatable bonds is 3. The maximum Gasteiger partial charge on any atom is 0.130 e. The number of carbonyl (C=O) groups excluding carboxylic acids is 1. The topological polar surface area (TPSA) is 30.0 Å². The number of fused-ring (bicyclic) bond motifs is 1. The molecule has 0 aliphatic heterocycles. The average Bonchev–Trinajstić information content (AvgIpc) is 2.26. The van der Waals surface area contributed by atoms with E-state index in [1.165, 1.54) is 10.9 Å². The first kappa shape index (κ1) is 9.84. The highest BCUT2D eigenvalue weighted by molar-refractivity contribution is 5.85. The third kappa shape index (κ3) is 2.21. The van der Waals surface area contributed by atoms with Crippen LogP contribution in [0, 0.1) is 0 Å². The van der Waals surface area contributed by atoms with E-state index in [9.17, 15) is 4.79 Å². The van der Waals surface area contributed by atoms with Gasteiger partial charge in [0.05, 0.1) is 0 Å². The molecule has 2 heteroatoms. The first-order valence-electron chi connectivity index (χ1n) is 5.08. The third-order valence-electron chi connectivity index (χ3n) is 2.52. The van der Waals surface area contributed by atoms with Crippen molar-refractivity contribution in [1.82, 2.24) is 4.98 Å². The van der Waals surface area contributed by atoms with Crippen LogP contribution in [0.3, 0.4) is 0 Å². The molecule has 0 unspecified atom stereocenters. The molecule has 15 heavy (non-hydrogen) atoms. The molecule has 2 aromatic rings.